The molecule has 8 heteroatoms. The predicted octanol–water partition coefficient (Wildman–Crippen LogP) is 2.00. The fourth-order valence-electron chi connectivity index (χ4n) is 2.73. The third-order valence-electron chi connectivity index (χ3n) is 4.52. The molecule has 0 atom stereocenters. The van der Waals surface area contributed by atoms with Gasteiger partial charge in [-0.25, -0.2) is 18.0 Å². The van der Waals surface area contributed by atoms with E-state index in [1.807, 2.05) is 20.8 Å². The van der Waals surface area contributed by atoms with E-state index in [0.717, 1.165) is 16.7 Å². The summed E-state index contributed by atoms with van der Waals surface area (Å²) in [5, 5.41) is 0. The number of hydrogen-bond acceptors (Lipinski definition) is 6. The highest BCUT2D eigenvalue weighted by Crippen LogP contribution is 2.29. The van der Waals surface area contributed by atoms with Crippen LogP contribution in [0, 0.1) is 34.6 Å². The van der Waals surface area contributed by atoms with E-state index in [-0.39, 0.29) is 18.1 Å². The first-order chi connectivity index (χ1) is 12.0. The fraction of sp³-hybridized carbons (Fsp3) is 0.556. The molecule has 0 spiro atoms. The molecular weight excluding hydrogens is 358 g/mol. The summed E-state index contributed by atoms with van der Waals surface area (Å²) in [6.07, 6.45) is 0. The van der Waals surface area contributed by atoms with E-state index in [1.165, 1.54) is 0 Å². The minimum absolute atomic E-state index is 0.0112. The predicted molar refractivity (Wildman–Crippen MR) is 97.5 cm³/mol. The van der Waals surface area contributed by atoms with Crippen LogP contribution in [0.4, 0.5) is 0 Å². The first-order valence-electron chi connectivity index (χ1n) is 8.42. The third-order valence-corrected chi connectivity index (χ3v) is 6.21. The van der Waals surface area contributed by atoms with Gasteiger partial charge in [0.05, 0.1) is 18.1 Å². The van der Waals surface area contributed by atoms with E-state index in [0.29, 0.717) is 11.1 Å². The molecule has 1 rings (SSSR count). The molecule has 0 fully saturated rings. The van der Waals surface area contributed by atoms with Crippen molar-refractivity contribution in [2.24, 2.45) is 0 Å². The lowest BCUT2D eigenvalue weighted by Crippen LogP contribution is -2.48. The largest absolute Gasteiger partial charge is 0.464 e. The van der Waals surface area contributed by atoms with Crippen molar-refractivity contribution in [3.05, 3.63) is 27.8 Å². The average molecular weight is 385 g/mol. The van der Waals surface area contributed by atoms with Gasteiger partial charge in [0, 0.05) is 0 Å². The van der Waals surface area contributed by atoms with Gasteiger partial charge < -0.3 is 9.47 Å². The Morgan fingerprint density at radius 2 is 1.15 bits per heavy atom. The quantitative estimate of drug-likeness (QED) is 0.569. The minimum atomic E-state index is -4.16. The second kappa shape index (κ2) is 8.64. The summed E-state index contributed by atoms with van der Waals surface area (Å²) in [5.74, 6) is -1.99. The highest BCUT2D eigenvalue weighted by molar-refractivity contribution is 7.89. The molecule has 26 heavy (non-hydrogen) atoms. The number of nitrogens with one attached hydrogen (secondary N) is 1. The summed E-state index contributed by atoms with van der Waals surface area (Å²) < 4.78 is 37.8. The number of hydrogen-bond donors (Lipinski definition) is 1. The van der Waals surface area contributed by atoms with E-state index in [1.54, 1.807) is 27.7 Å². The van der Waals surface area contributed by atoms with Crippen molar-refractivity contribution in [1.29, 1.82) is 0 Å². The fourth-order valence-corrected chi connectivity index (χ4v) is 4.46. The molecule has 0 saturated heterocycles. The molecule has 0 aromatic heterocycles. The zero-order valence-corrected chi connectivity index (χ0v) is 17.2. The average Bonchev–Trinajstić information content (AvgIpc) is 2.56. The Balaban J connectivity index is 3.45. The first kappa shape index (κ1) is 22.1. The maximum Gasteiger partial charge on any atom is 0.335 e. The second-order valence-corrected chi connectivity index (χ2v) is 7.66. The minimum Gasteiger partial charge on any atom is -0.464 e. The summed E-state index contributed by atoms with van der Waals surface area (Å²) in [6.45, 7) is 12.2. The maximum atomic E-state index is 13.0. The van der Waals surface area contributed by atoms with E-state index < -0.39 is 28.0 Å². The second-order valence-electron chi connectivity index (χ2n) is 6.01. The van der Waals surface area contributed by atoms with Gasteiger partial charge in [0.15, 0.2) is 0 Å². The summed E-state index contributed by atoms with van der Waals surface area (Å²) in [6, 6.07) is -1.75. The number of ether oxygens (including phenoxy) is 2. The maximum absolute atomic E-state index is 13.0. The van der Waals surface area contributed by atoms with Gasteiger partial charge >= 0.3 is 11.9 Å². The Bertz CT molecular complexity index is 766. The lowest BCUT2D eigenvalue weighted by molar-refractivity contribution is -0.157. The Hall–Kier alpha value is -1.93. The molecule has 0 saturated carbocycles. The summed E-state index contributed by atoms with van der Waals surface area (Å²) >= 11 is 0. The standard InChI is InChI=1S/C18H27NO6S/c1-8-24-17(20)15(18(21)25-9-2)19-26(22,23)16-13(6)11(4)10(3)12(5)14(16)7/h15,19H,8-9H2,1-7H3. The van der Waals surface area contributed by atoms with Gasteiger partial charge in [-0.05, 0) is 76.3 Å². The molecule has 1 N–H and O–H groups in total. The SMILES string of the molecule is CCOC(=O)C(NS(=O)(=O)c1c(C)c(C)c(C)c(C)c1C)C(=O)OCC. The molecule has 7 nitrogen and oxygen atoms in total. The van der Waals surface area contributed by atoms with Crippen molar-refractivity contribution < 1.29 is 27.5 Å². The van der Waals surface area contributed by atoms with E-state index >= 15 is 0 Å². The van der Waals surface area contributed by atoms with Crippen LogP contribution in [0.5, 0.6) is 0 Å². The number of sulfonamides is 1. The van der Waals surface area contributed by atoms with Gasteiger partial charge in [-0.1, -0.05) is 0 Å². The number of esters is 2. The molecule has 0 radical (unpaired) electrons. The van der Waals surface area contributed by atoms with Gasteiger partial charge in [-0.15, -0.1) is 0 Å². The molecule has 0 heterocycles. The zero-order valence-electron chi connectivity index (χ0n) is 16.3. The molecule has 0 aliphatic rings. The van der Waals surface area contributed by atoms with Crippen molar-refractivity contribution in [2.75, 3.05) is 13.2 Å². The molecule has 146 valence electrons. The first-order valence-corrected chi connectivity index (χ1v) is 9.90. The van der Waals surface area contributed by atoms with Gasteiger partial charge in [0.1, 0.15) is 0 Å². The monoisotopic (exact) mass is 385 g/mol. The topological polar surface area (TPSA) is 98.8 Å². The highest BCUT2D eigenvalue weighted by atomic mass is 32.2. The lowest BCUT2D eigenvalue weighted by atomic mass is 9.95. The van der Waals surface area contributed by atoms with Crippen LogP contribution < -0.4 is 4.72 Å². The van der Waals surface area contributed by atoms with Crippen molar-refractivity contribution in [3.8, 4) is 0 Å². The van der Waals surface area contributed by atoms with Gasteiger partial charge in [0.2, 0.25) is 16.1 Å². The van der Waals surface area contributed by atoms with Crippen molar-refractivity contribution in [3.63, 3.8) is 0 Å². The Morgan fingerprint density at radius 3 is 1.50 bits per heavy atom. The van der Waals surface area contributed by atoms with Crippen molar-refractivity contribution >= 4 is 22.0 Å². The summed E-state index contributed by atoms with van der Waals surface area (Å²) in [5.41, 5.74) is 3.84. The van der Waals surface area contributed by atoms with Crippen molar-refractivity contribution in [2.45, 2.75) is 59.4 Å². The Labute approximate surface area is 155 Å². The van der Waals surface area contributed by atoms with E-state index in [2.05, 4.69) is 4.72 Å². The van der Waals surface area contributed by atoms with Crippen molar-refractivity contribution in [1.82, 2.24) is 4.72 Å². The van der Waals surface area contributed by atoms with Crippen LogP contribution >= 0.6 is 0 Å². The highest BCUT2D eigenvalue weighted by Gasteiger charge is 2.36. The molecule has 0 bridgehead atoms. The van der Waals surface area contributed by atoms with Gasteiger partial charge in [-0.2, -0.15) is 4.72 Å². The lowest BCUT2D eigenvalue weighted by Gasteiger charge is -2.21. The van der Waals surface area contributed by atoms with Crippen LogP contribution in [0.2, 0.25) is 0 Å². The molecular formula is C18H27NO6S. The molecule has 0 aliphatic heterocycles. The smallest absolute Gasteiger partial charge is 0.335 e. The summed E-state index contributed by atoms with van der Waals surface area (Å²) in [7, 11) is -4.16. The third kappa shape index (κ3) is 4.42. The zero-order chi connectivity index (χ0) is 20.2. The summed E-state index contributed by atoms with van der Waals surface area (Å²) in [4.78, 5) is 24.2. The number of benzene rings is 1. The number of carbonyl (C=O) groups excluding carboxylic acids is 2. The van der Waals surface area contributed by atoms with E-state index in [4.69, 9.17) is 9.47 Å². The number of carbonyl (C=O) groups is 2. The van der Waals surface area contributed by atoms with E-state index in [9.17, 15) is 18.0 Å². The Morgan fingerprint density at radius 1 is 0.808 bits per heavy atom. The molecule has 0 amide bonds. The van der Waals surface area contributed by atoms with Crippen LogP contribution in [0.25, 0.3) is 0 Å². The molecule has 1 aromatic carbocycles. The van der Waals surface area contributed by atoms with Crippen LogP contribution in [0.15, 0.2) is 4.90 Å². The van der Waals surface area contributed by atoms with Gasteiger partial charge in [-0.3, -0.25) is 0 Å². The normalized spacial score (nSPS) is 11.5. The molecule has 0 aliphatic carbocycles. The molecule has 0 unspecified atom stereocenters. The molecule has 1 aromatic rings. The van der Waals surface area contributed by atoms with Crippen LogP contribution in [0.3, 0.4) is 0 Å². The Kier molecular flexibility index (Phi) is 7.35. The number of rotatable bonds is 7. The van der Waals surface area contributed by atoms with Crippen LogP contribution in [0.1, 0.15) is 41.7 Å². The van der Waals surface area contributed by atoms with Gasteiger partial charge in [0.25, 0.3) is 0 Å². The van der Waals surface area contributed by atoms with Crippen LogP contribution in [-0.4, -0.2) is 39.6 Å². The van der Waals surface area contributed by atoms with Crippen LogP contribution in [-0.2, 0) is 29.1 Å².